The Bertz CT molecular complexity index is 760. The molecule has 1 aliphatic rings. The van der Waals surface area contributed by atoms with E-state index in [1.807, 2.05) is 42.2 Å². The predicted molar refractivity (Wildman–Crippen MR) is 108 cm³/mol. The molecule has 0 saturated carbocycles. The summed E-state index contributed by atoms with van der Waals surface area (Å²) in [5, 5.41) is 6.08. The molecular weight excluding hydrogens is 364 g/mol. The second kappa shape index (κ2) is 9.21. The van der Waals surface area contributed by atoms with Crippen LogP contribution in [0.1, 0.15) is 32.8 Å². The lowest BCUT2D eigenvalue weighted by atomic mass is 10.2. The molecular formula is C19H30N4O3S. The van der Waals surface area contributed by atoms with Crippen LogP contribution in [0, 0.1) is 0 Å². The third kappa shape index (κ3) is 5.95. The zero-order valence-corrected chi connectivity index (χ0v) is 17.2. The summed E-state index contributed by atoms with van der Waals surface area (Å²) in [7, 11) is -3.10. The molecule has 7 nitrogen and oxygen atoms in total. The standard InChI is InChI=1S/C19H30N4O3S/c1-4-20-18(23-12-13-27(25,26)19(2,3)15-23)21-11-10-17(24)22-14-16-8-6-5-7-9-16/h5-9H,4,10-15H2,1-3H3,(H,20,21)(H,22,24). The van der Waals surface area contributed by atoms with Crippen LogP contribution in [0.2, 0.25) is 0 Å². The number of carbonyl (C=O) groups excluding carboxylic acids is 1. The van der Waals surface area contributed by atoms with Crippen molar-refractivity contribution in [2.45, 2.75) is 38.5 Å². The smallest absolute Gasteiger partial charge is 0.222 e. The minimum absolute atomic E-state index is 0.0556. The number of hydrogen-bond donors (Lipinski definition) is 2. The van der Waals surface area contributed by atoms with E-state index in [9.17, 15) is 13.2 Å². The number of benzene rings is 1. The summed E-state index contributed by atoms with van der Waals surface area (Å²) in [5.41, 5.74) is 1.06. The van der Waals surface area contributed by atoms with Crippen molar-refractivity contribution in [2.24, 2.45) is 4.99 Å². The largest absolute Gasteiger partial charge is 0.357 e. The van der Waals surface area contributed by atoms with Gasteiger partial charge in [0.2, 0.25) is 5.91 Å². The van der Waals surface area contributed by atoms with E-state index in [1.165, 1.54) is 0 Å². The highest BCUT2D eigenvalue weighted by Crippen LogP contribution is 2.23. The van der Waals surface area contributed by atoms with Crippen LogP contribution in [0.15, 0.2) is 35.3 Å². The molecule has 2 N–H and O–H groups in total. The number of aliphatic imine (C=N–C) groups is 1. The molecule has 1 aromatic carbocycles. The Morgan fingerprint density at radius 2 is 1.93 bits per heavy atom. The van der Waals surface area contributed by atoms with Crippen molar-refractivity contribution in [3.8, 4) is 0 Å². The minimum atomic E-state index is -3.10. The third-order valence-electron chi connectivity index (χ3n) is 4.61. The fourth-order valence-electron chi connectivity index (χ4n) is 2.90. The first-order chi connectivity index (χ1) is 12.7. The number of amides is 1. The lowest BCUT2D eigenvalue weighted by molar-refractivity contribution is -0.121. The van der Waals surface area contributed by atoms with Gasteiger partial charge in [-0.05, 0) is 26.3 Å². The molecule has 1 amide bonds. The maximum atomic E-state index is 12.2. The molecule has 0 bridgehead atoms. The van der Waals surface area contributed by atoms with Crippen molar-refractivity contribution in [3.63, 3.8) is 0 Å². The Labute approximate surface area is 162 Å². The van der Waals surface area contributed by atoms with Gasteiger partial charge in [0, 0.05) is 32.6 Å². The van der Waals surface area contributed by atoms with E-state index in [-0.39, 0.29) is 18.1 Å². The quantitative estimate of drug-likeness (QED) is 0.558. The molecule has 27 heavy (non-hydrogen) atoms. The first-order valence-corrected chi connectivity index (χ1v) is 11.0. The zero-order chi connectivity index (χ0) is 19.9. The number of guanidine groups is 1. The third-order valence-corrected chi connectivity index (χ3v) is 7.14. The monoisotopic (exact) mass is 394 g/mol. The molecule has 1 fully saturated rings. The van der Waals surface area contributed by atoms with Crippen LogP contribution in [-0.4, -0.2) is 61.9 Å². The number of sulfone groups is 1. The molecule has 2 rings (SSSR count). The summed E-state index contributed by atoms with van der Waals surface area (Å²) in [6.45, 7) is 7.80. The number of nitrogens with zero attached hydrogens (tertiary/aromatic N) is 2. The van der Waals surface area contributed by atoms with Gasteiger partial charge >= 0.3 is 0 Å². The van der Waals surface area contributed by atoms with Gasteiger partial charge < -0.3 is 15.5 Å². The van der Waals surface area contributed by atoms with Gasteiger partial charge in [0.1, 0.15) is 0 Å². The van der Waals surface area contributed by atoms with Gasteiger partial charge in [-0.2, -0.15) is 0 Å². The van der Waals surface area contributed by atoms with E-state index in [2.05, 4.69) is 15.6 Å². The summed E-state index contributed by atoms with van der Waals surface area (Å²) < 4.78 is 23.6. The van der Waals surface area contributed by atoms with Gasteiger partial charge in [-0.1, -0.05) is 30.3 Å². The normalized spacial score (nSPS) is 18.8. The van der Waals surface area contributed by atoms with Crippen LogP contribution < -0.4 is 10.6 Å². The highest BCUT2D eigenvalue weighted by Gasteiger charge is 2.40. The SMILES string of the molecule is CCNC(=NCCC(=O)NCc1ccccc1)N1CCS(=O)(=O)C(C)(C)C1. The van der Waals surface area contributed by atoms with Crippen molar-refractivity contribution in [2.75, 3.05) is 31.9 Å². The maximum absolute atomic E-state index is 12.2. The Morgan fingerprint density at radius 1 is 1.22 bits per heavy atom. The van der Waals surface area contributed by atoms with E-state index in [1.54, 1.807) is 13.8 Å². The van der Waals surface area contributed by atoms with Gasteiger partial charge in [0.05, 0.1) is 17.0 Å². The predicted octanol–water partition coefficient (Wildman–Crippen LogP) is 1.17. The Hall–Kier alpha value is -2.09. The molecule has 0 spiro atoms. The zero-order valence-electron chi connectivity index (χ0n) is 16.4. The molecule has 0 radical (unpaired) electrons. The summed E-state index contributed by atoms with van der Waals surface area (Å²) >= 11 is 0. The van der Waals surface area contributed by atoms with Crippen LogP contribution in [-0.2, 0) is 21.2 Å². The fraction of sp³-hybridized carbons (Fsp3) is 0.579. The molecule has 8 heteroatoms. The second-order valence-electron chi connectivity index (χ2n) is 7.25. The molecule has 1 aliphatic heterocycles. The number of carbonyl (C=O) groups is 1. The van der Waals surface area contributed by atoms with Crippen LogP contribution in [0.25, 0.3) is 0 Å². The van der Waals surface area contributed by atoms with Gasteiger partial charge in [-0.15, -0.1) is 0 Å². The lowest BCUT2D eigenvalue weighted by Gasteiger charge is -2.39. The second-order valence-corrected chi connectivity index (χ2v) is 9.99. The van der Waals surface area contributed by atoms with Crippen LogP contribution in [0.4, 0.5) is 0 Å². The Kier molecular flexibility index (Phi) is 7.24. The molecule has 150 valence electrons. The van der Waals surface area contributed by atoms with Crippen molar-refractivity contribution in [1.82, 2.24) is 15.5 Å². The summed E-state index contributed by atoms with van der Waals surface area (Å²) in [6.07, 6.45) is 0.289. The number of rotatable bonds is 6. The van der Waals surface area contributed by atoms with Crippen molar-refractivity contribution >= 4 is 21.7 Å². The lowest BCUT2D eigenvalue weighted by Crippen LogP contribution is -2.57. The number of nitrogens with one attached hydrogen (secondary N) is 2. The molecule has 1 aromatic rings. The topological polar surface area (TPSA) is 90.9 Å². The molecule has 0 unspecified atom stereocenters. The molecule has 0 atom stereocenters. The average Bonchev–Trinajstić information content (AvgIpc) is 2.62. The highest BCUT2D eigenvalue weighted by molar-refractivity contribution is 7.92. The van der Waals surface area contributed by atoms with E-state index in [0.29, 0.717) is 38.7 Å². The molecule has 0 aliphatic carbocycles. The van der Waals surface area contributed by atoms with Crippen molar-refractivity contribution in [1.29, 1.82) is 0 Å². The van der Waals surface area contributed by atoms with Crippen LogP contribution in [0.3, 0.4) is 0 Å². The summed E-state index contributed by atoms with van der Waals surface area (Å²) in [5.74, 6) is 0.721. The summed E-state index contributed by atoms with van der Waals surface area (Å²) in [6, 6.07) is 9.75. The fourth-order valence-corrected chi connectivity index (χ4v) is 4.26. The van der Waals surface area contributed by atoms with Gasteiger partial charge in [0.25, 0.3) is 0 Å². The van der Waals surface area contributed by atoms with Crippen LogP contribution >= 0.6 is 0 Å². The molecule has 1 saturated heterocycles. The first-order valence-electron chi connectivity index (χ1n) is 9.31. The van der Waals surface area contributed by atoms with E-state index in [4.69, 9.17) is 0 Å². The van der Waals surface area contributed by atoms with Gasteiger partial charge in [0.15, 0.2) is 15.8 Å². The maximum Gasteiger partial charge on any atom is 0.222 e. The molecule has 0 aromatic heterocycles. The number of hydrogen-bond acceptors (Lipinski definition) is 4. The van der Waals surface area contributed by atoms with Gasteiger partial charge in [-0.25, -0.2) is 8.42 Å². The average molecular weight is 395 g/mol. The highest BCUT2D eigenvalue weighted by atomic mass is 32.2. The van der Waals surface area contributed by atoms with E-state index < -0.39 is 14.6 Å². The van der Waals surface area contributed by atoms with Crippen molar-refractivity contribution in [3.05, 3.63) is 35.9 Å². The Morgan fingerprint density at radius 3 is 2.56 bits per heavy atom. The summed E-state index contributed by atoms with van der Waals surface area (Å²) in [4.78, 5) is 18.5. The Balaban J connectivity index is 1.89. The van der Waals surface area contributed by atoms with Gasteiger partial charge in [-0.3, -0.25) is 9.79 Å². The minimum Gasteiger partial charge on any atom is -0.357 e. The van der Waals surface area contributed by atoms with E-state index >= 15 is 0 Å². The van der Waals surface area contributed by atoms with Crippen molar-refractivity contribution < 1.29 is 13.2 Å². The molecule has 1 heterocycles. The van der Waals surface area contributed by atoms with Crippen LogP contribution in [0.5, 0.6) is 0 Å². The first kappa shape index (κ1) is 21.2. The van der Waals surface area contributed by atoms with E-state index in [0.717, 1.165) is 5.56 Å².